The fourth-order valence-corrected chi connectivity index (χ4v) is 3.47. The van der Waals surface area contributed by atoms with Crippen LogP contribution >= 0.6 is 24.2 Å². The van der Waals surface area contributed by atoms with Gasteiger partial charge in [0.1, 0.15) is 0 Å². The summed E-state index contributed by atoms with van der Waals surface area (Å²) in [4.78, 5) is 6.00. The van der Waals surface area contributed by atoms with Crippen LogP contribution in [0.2, 0.25) is 0 Å². The normalized spacial score (nSPS) is 10.6. The van der Waals surface area contributed by atoms with Gasteiger partial charge < -0.3 is 4.57 Å². The van der Waals surface area contributed by atoms with Crippen molar-refractivity contribution in [2.24, 2.45) is 0 Å². The van der Waals surface area contributed by atoms with Crippen molar-refractivity contribution >= 4 is 35.1 Å². The molecule has 0 atom stereocenters. The summed E-state index contributed by atoms with van der Waals surface area (Å²) in [5.74, 6) is 0. The summed E-state index contributed by atoms with van der Waals surface area (Å²) in [6, 6.07) is 10.8. The van der Waals surface area contributed by atoms with Crippen LogP contribution in [0.1, 0.15) is 25.1 Å². The van der Waals surface area contributed by atoms with Gasteiger partial charge >= 0.3 is 0 Å². The molecule has 2 nitrogen and oxygen atoms in total. The first-order chi connectivity index (χ1) is 11.5. The average Bonchev–Trinajstić information content (AvgIpc) is 2.84. The molecule has 0 aliphatic rings. The maximum Gasteiger partial charge on any atom is 0.0945 e. The van der Waals surface area contributed by atoms with Gasteiger partial charge in [-0.3, -0.25) is 4.98 Å². The van der Waals surface area contributed by atoms with Crippen LogP contribution in [0.4, 0.5) is 0 Å². The average molecular weight is 373 g/mol. The number of aromatic nitrogens is 2. The van der Waals surface area contributed by atoms with Gasteiger partial charge in [-0.15, -0.1) is 24.2 Å². The molecule has 0 radical (unpaired) electrons. The smallest absolute Gasteiger partial charge is 0.0945 e. The van der Waals surface area contributed by atoms with Crippen LogP contribution in [-0.4, -0.2) is 15.8 Å². The summed E-state index contributed by atoms with van der Waals surface area (Å²) in [5, 5.41) is 1.30. The molecule has 2 aromatic heterocycles. The van der Waals surface area contributed by atoms with E-state index in [9.17, 15) is 0 Å². The molecule has 4 heteroatoms. The fourth-order valence-electron chi connectivity index (χ4n) is 3.06. The van der Waals surface area contributed by atoms with Crippen molar-refractivity contribution in [3.8, 4) is 11.3 Å². The number of hydrogen-bond donors (Lipinski definition) is 0. The van der Waals surface area contributed by atoms with Crippen molar-refractivity contribution in [3.05, 3.63) is 59.4 Å². The third kappa shape index (κ3) is 3.78. The third-order valence-electron chi connectivity index (χ3n) is 4.59. The second-order valence-corrected chi connectivity index (χ2v) is 7.27. The second-order valence-electron chi connectivity index (χ2n) is 6.39. The minimum atomic E-state index is 0. The molecular weight excluding hydrogens is 348 g/mol. The van der Waals surface area contributed by atoms with Gasteiger partial charge in [0.15, 0.2) is 0 Å². The lowest BCUT2D eigenvalue weighted by atomic mass is 10.1. The largest absolute Gasteiger partial charge is 0.339 e. The topological polar surface area (TPSA) is 17.8 Å². The summed E-state index contributed by atoms with van der Waals surface area (Å²) < 4.78 is 2.39. The van der Waals surface area contributed by atoms with E-state index in [1.165, 1.54) is 38.2 Å². The Hall–Kier alpha value is -1.71. The van der Waals surface area contributed by atoms with Gasteiger partial charge in [-0.25, -0.2) is 0 Å². The molecule has 25 heavy (non-hydrogen) atoms. The Morgan fingerprint density at radius 2 is 1.80 bits per heavy atom. The predicted octanol–water partition coefficient (Wildman–Crippen LogP) is 6.43. The van der Waals surface area contributed by atoms with E-state index in [1.807, 2.05) is 6.20 Å². The van der Waals surface area contributed by atoms with Crippen LogP contribution in [0.5, 0.6) is 0 Å². The number of thioether (sulfide) groups is 1. The molecule has 0 unspecified atom stereocenters. The van der Waals surface area contributed by atoms with Gasteiger partial charge in [-0.05, 0) is 57.7 Å². The zero-order valence-electron chi connectivity index (χ0n) is 15.5. The van der Waals surface area contributed by atoms with Gasteiger partial charge in [0.25, 0.3) is 0 Å². The molecule has 0 N–H and O–H groups in total. The molecule has 2 heterocycles. The third-order valence-corrected chi connectivity index (χ3v) is 5.33. The monoisotopic (exact) mass is 372 g/mol. The van der Waals surface area contributed by atoms with Crippen molar-refractivity contribution in [1.29, 1.82) is 0 Å². The van der Waals surface area contributed by atoms with Gasteiger partial charge in [0.05, 0.1) is 11.2 Å². The lowest BCUT2D eigenvalue weighted by Crippen LogP contribution is -2.00. The molecule has 0 bridgehead atoms. The van der Waals surface area contributed by atoms with Crippen molar-refractivity contribution in [3.63, 3.8) is 0 Å². The van der Waals surface area contributed by atoms with E-state index in [2.05, 4.69) is 74.9 Å². The lowest BCUT2D eigenvalue weighted by molar-refractivity contribution is 0.816. The second kappa shape index (κ2) is 8.11. The van der Waals surface area contributed by atoms with E-state index >= 15 is 0 Å². The van der Waals surface area contributed by atoms with E-state index in [0.29, 0.717) is 0 Å². The van der Waals surface area contributed by atoms with Crippen molar-refractivity contribution in [1.82, 2.24) is 9.55 Å². The van der Waals surface area contributed by atoms with Crippen molar-refractivity contribution in [2.75, 3.05) is 6.26 Å². The first-order valence-corrected chi connectivity index (χ1v) is 9.47. The maximum absolute atomic E-state index is 4.73. The molecule has 132 valence electrons. The first kappa shape index (κ1) is 19.6. The van der Waals surface area contributed by atoms with E-state index in [-0.39, 0.29) is 12.4 Å². The summed E-state index contributed by atoms with van der Waals surface area (Å²) >= 11 is 1.76. The van der Waals surface area contributed by atoms with E-state index < -0.39 is 0 Å². The number of pyridine rings is 1. The molecule has 0 amide bonds. The molecule has 3 aromatic rings. The number of benzene rings is 1. The Morgan fingerprint density at radius 3 is 2.40 bits per heavy atom. The Labute approximate surface area is 160 Å². The van der Waals surface area contributed by atoms with E-state index in [1.54, 1.807) is 11.8 Å². The number of rotatable bonds is 4. The van der Waals surface area contributed by atoms with Crippen LogP contribution in [-0.2, 0) is 6.54 Å². The SMILES string of the molecule is CSc1ccc(-c2nccc3c(C)c(C)n(CC=C(C)C)c23)cc1.Cl. The molecular formula is C21H25ClN2S. The molecule has 0 fully saturated rings. The molecule has 3 rings (SSSR count). The number of allylic oxidation sites excluding steroid dienone is 2. The number of aryl methyl sites for hydroxylation is 1. The van der Waals surface area contributed by atoms with Gasteiger partial charge in [0.2, 0.25) is 0 Å². The molecule has 0 spiro atoms. The molecule has 1 aromatic carbocycles. The maximum atomic E-state index is 4.73. The Kier molecular flexibility index (Phi) is 6.36. The summed E-state index contributed by atoms with van der Waals surface area (Å²) in [6.07, 6.45) is 6.31. The predicted molar refractivity (Wildman–Crippen MR) is 113 cm³/mol. The minimum Gasteiger partial charge on any atom is -0.339 e. The summed E-state index contributed by atoms with van der Waals surface area (Å²) in [7, 11) is 0. The van der Waals surface area contributed by atoms with Gasteiger partial charge in [-0.2, -0.15) is 0 Å². The summed E-state index contributed by atoms with van der Waals surface area (Å²) in [5.41, 5.74) is 7.48. The number of nitrogens with zero attached hydrogens (tertiary/aromatic N) is 2. The molecule has 0 aliphatic heterocycles. The summed E-state index contributed by atoms with van der Waals surface area (Å²) in [6.45, 7) is 9.59. The highest BCUT2D eigenvalue weighted by Crippen LogP contribution is 2.33. The fraction of sp³-hybridized carbons (Fsp3) is 0.286. The van der Waals surface area contributed by atoms with Gasteiger partial charge in [0, 0.05) is 34.3 Å². The highest BCUT2D eigenvalue weighted by Gasteiger charge is 2.15. The van der Waals surface area contributed by atoms with Crippen molar-refractivity contribution < 1.29 is 0 Å². The number of halogens is 1. The quantitative estimate of drug-likeness (QED) is 0.388. The first-order valence-electron chi connectivity index (χ1n) is 8.25. The van der Waals surface area contributed by atoms with Crippen LogP contribution in [0, 0.1) is 13.8 Å². The van der Waals surface area contributed by atoms with E-state index in [4.69, 9.17) is 4.98 Å². The van der Waals surface area contributed by atoms with E-state index in [0.717, 1.165) is 12.2 Å². The number of hydrogen-bond acceptors (Lipinski definition) is 2. The highest BCUT2D eigenvalue weighted by atomic mass is 35.5. The Bertz CT molecular complexity index is 904. The van der Waals surface area contributed by atoms with Crippen LogP contribution in [0.15, 0.2) is 53.1 Å². The zero-order chi connectivity index (χ0) is 17.3. The zero-order valence-corrected chi connectivity index (χ0v) is 17.1. The highest BCUT2D eigenvalue weighted by molar-refractivity contribution is 7.98. The van der Waals surface area contributed by atoms with Crippen LogP contribution < -0.4 is 0 Å². The van der Waals surface area contributed by atoms with Crippen molar-refractivity contribution in [2.45, 2.75) is 39.1 Å². The Balaban J connectivity index is 0.00000225. The molecule has 0 saturated carbocycles. The standard InChI is InChI=1S/C21H24N2S.ClH/c1-14(2)11-13-23-16(4)15(3)19-10-12-22-20(21(19)23)17-6-8-18(24-5)9-7-17;/h6-12H,13H2,1-5H3;1H. The van der Waals surface area contributed by atoms with Crippen LogP contribution in [0.3, 0.4) is 0 Å². The van der Waals surface area contributed by atoms with Gasteiger partial charge in [-0.1, -0.05) is 23.8 Å². The minimum absolute atomic E-state index is 0. The molecule has 0 aliphatic carbocycles. The van der Waals surface area contributed by atoms with Crippen LogP contribution in [0.25, 0.3) is 22.2 Å². The number of fused-ring (bicyclic) bond motifs is 1. The lowest BCUT2D eigenvalue weighted by Gasteiger charge is -2.10. The Morgan fingerprint density at radius 1 is 1.12 bits per heavy atom. The molecule has 0 saturated heterocycles.